The molecule has 0 aromatic heterocycles. The largest absolute Gasteiger partial charge is 0.460 e. The fraction of sp³-hybridized carbons (Fsp3) is 0.895. The minimum absolute atomic E-state index is 0.271. The minimum atomic E-state index is -8.44. The van der Waals surface area contributed by atoms with Gasteiger partial charge in [0.15, 0.2) is 0 Å². The van der Waals surface area contributed by atoms with E-state index >= 15 is 0 Å². The molecular formula is C19H13F23O4. The predicted molar refractivity (Wildman–Crippen MR) is 96.9 cm³/mol. The van der Waals surface area contributed by atoms with E-state index in [9.17, 15) is 111 Å². The fourth-order valence-corrected chi connectivity index (χ4v) is 2.44. The number of esters is 2. The third kappa shape index (κ3) is 6.42. The van der Waals surface area contributed by atoms with Crippen molar-refractivity contribution in [3.8, 4) is 0 Å². The highest BCUT2D eigenvalue weighted by atomic mass is 19.4. The number of carbonyl (C=O) groups is 2. The summed E-state index contributed by atoms with van der Waals surface area (Å²) < 4.78 is 310. The quantitative estimate of drug-likeness (QED) is 0.134. The maximum atomic E-state index is 13.8. The lowest BCUT2D eigenvalue weighted by Crippen LogP contribution is -2.71. The van der Waals surface area contributed by atoms with E-state index in [2.05, 4.69) is 9.47 Å². The first kappa shape index (κ1) is 43.3. The van der Waals surface area contributed by atoms with E-state index in [1.807, 2.05) is 0 Å². The summed E-state index contributed by atoms with van der Waals surface area (Å²) in [6, 6.07) is 0. The molecule has 0 heterocycles. The molecule has 0 atom stereocenters. The lowest BCUT2D eigenvalue weighted by atomic mass is 9.93. The summed E-state index contributed by atoms with van der Waals surface area (Å²) >= 11 is 0. The van der Waals surface area contributed by atoms with Crippen LogP contribution >= 0.6 is 0 Å². The van der Waals surface area contributed by atoms with Crippen LogP contribution in [0.25, 0.3) is 0 Å². The number of ether oxygens (including phenoxy) is 2. The van der Waals surface area contributed by atoms with Gasteiger partial charge in [-0.25, -0.2) is 9.59 Å². The van der Waals surface area contributed by atoms with Crippen molar-refractivity contribution in [3.63, 3.8) is 0 Å². The Bertz CT molecular complexity index is 1130. The first-order valence-corrected chi connectivity index (χ1v) is 10.7. The van der Waals surface area contributed by atoms with Gasteiger partial charge < -0.3 is 9.47 Å². The zero-order valence-corrected chi connectivity index (χ0v) is 21.7. The Kier molecular flexibility index (Phi) is 10.8. The highest BCUT2D eigenvalue weighted by molar-refractivity contribution is 5.80. The van der Waals surface area contributed by atoms with Gasteiger partial charge in [0.05, 0.1) is 13.2 Å². The molecule has 0 amide bonds. The second-order valence-corrected chi connectivity index (χ2v) is 9.87. The highest BCUT2D eigenvalue weighted by Crippen LogP contribution is 2.61. The number of rotatable bonds is 14. The Morgan fingerprint density at radius 3 is 0.870 bits per heavy atom. The van der Waals surface area contributed by atoms with Crippen molar-refractivity contribution in [2.24, 2.45) is 5.41 Å². The van der Waals surface area contributed by atoms with Gasteiger partial charge in [-0.3, -0.25) is 0 Å². The molecule has 0 aliphatic rings. The molecule has 0 fully saturated rings. The zero-order valence-electron chi connectivity index (χ0n) is 21.7. The van der Waals surface area contributed by atoms with E-state index in [0.29, 0.717) is 0 Å². The lowest BCUT2D eigenvalue weighted by molar-refractivity contribution is -0.437. The van der Waals surface area contributed by atoms with E-state index in [0.717, 1.165) is 0 Å². The van der Waals surface area contributed by atoms with Crippen LogP contribution in [0, 0.1) is 5.41 Å². The monoisotopic (exact) mass is 742 g/mol. The minimum Gasteiger partial charge on any atom is -0.460 e. The first-order valence-electron chi connectivity index (χ1n) is 10.7. The Balaban J connectivity index is 6.02. The van der Waals surface area contributed by atoms with Gasteiger partial charge >= 0.3 is 77.3 Å². The van der Waals surface area contributed by atoms with Gasteiger partial charge in [0, 0.05) is 12.3 Å². The van der Waals surface area contributed by atoms with Gasteiger partial charge in [-0.1, -0.05) is 13.8 Å². The number of hydrogen-bond acceptors (Lipinski definition) is 4. The first-order chi connectivity index (χ1) is 19.5. The van der Waals surface area contributed by atoms with Gasteiger partial charge in [-0.15, -0.1) is 0 Å². The summed E-state index contributed by atoms with van der Waals surface area (Å²) in [6.07, 6.45) is -7.79. The zero-order chi connectivity index (χ0) is 38.0. The molecule has 0 unspecified atom stereocenters. The van der Waals surface area contributed by atoms with Crippen molar-refractivity contribution in [1.29, 1.82) is 0 Å². The SMILES string of the molecule is CC(C)(COC(=O)C(F)(F)C(F)(F)C(F)(F)C(F)(F)C(C)(F)F)COC(=O)C(F)(F)C(F)(F)C(F)(F)C(F)(F)C(F)(F)C(F)(F)F. The van der Waals surface area contributed by atoms with E-state index in [1.165, 1.54) is 0 Å². The molecule has 0 aliphatic carbocycles. The maximum absolute atomic E-state index is 13.8. The molecule has 0 spiro atoms. The molecule has 0 saturated carbocycles. The second kappa shape index (κ2) is 11.5. The van der Waals surface area contributed by atoms with E-state index in [1.54, 1.807) is 0 Å². The van der Waals surface area contributed by atoms with Gasteiger partial charge in [0.2, 0.25) is 0 Å². The molecule has 0 aromatic rings. The molecule has 0 aromatic carbocycles. The predicted octanol–water partition coefficient (Wildman–Crippen LogP) is 8.03. The standard InChI is InChI=1S/C19H13F23O4/c1-8(2,4-45-6(43)10(22,23)13(28,29)15(32,33)12(26,27)9(3,20)21)5-46-7(44)11(24,25)14(30,31)16(34,35)17(36,37)18(38,39)19(40,41)42/h4-5H2,1-3H3. The summed E-state index contributed by atoms with van der Waals surface area (Å²) in [5.74, 6) is -84.9. The summed E-state index contributed by atoms with van der Waals surface area (Å²) in [5, 5.41) is 0. The molecule has 46 heavy (non-hydrogen) atoms. The molecule has 0 saturated heterocycles. The smallest absolute Gasteiger partial charge is 0.460 e. The third-order valence-electron chi connectivity index (χ3n) is 5.37. The van der Waals surface area contributed by atoms with Crippen molar-refractivity contribution < 1.29 is 120 Å². The molecule has 4 nitrogen and oxygen atoms in total. The number of halogens is 23. The Morgan fingerprint density at radius 1 is 0.391 bits per heavy atom. The summed E-state index contributed by atoms with van der Waals surface area (Å²) in [4.78, 5) is 22.6. The van der Waals surface area contributed by atoms with Crippen molar-refractivity contribution in [2.75, 3.05) is 13.2 Å². The highest BCUT2D eigenvalue weighted by Gasteiger charge is 2.92. The van der Waals surface area contributed by atoms with Crippen LogP contribution in [0.1, 0.15) is 20.8 Å². The second-order valence-electron chi connectivity index (χ2n) is 9.87. The van der Waals surface area contributed by atoms with Crippen LogP contribution in [0.4, 0.5) is 101 Å². The summed E-state index contributed by atoms with van der Waals surface area (Å²) in [7, 11) is 0. The van der Waals surface area contributed by atoms with Crippen molar-refractivity contribution in [2.45, 2.75) is 86.2 Å². The van der Waals surface area contributed by atoms with Crippen molar-refractivity contribution in [1.82, 2.24) is 0 Å². The van der Waals surface area contributed by atoms with Gasteiger partial charge in [-0.05, 0) is 0 Å². The number of carbonyl (C=O) groups excluding carboxylic acids is 2. The van der Waals surface area contributed by atoms with Gasteiger partial charge in [0.1, 0.15) is 0 Å². The normalized spacial score (nSPS) is 16.0. The summed E-state index contributed by atoms with van der Waals surface area (Å²) in [6.45, 7) is -4.93. The van der Waals surface area contributed by atoms with E-state index < -0.39 is 103 Å². The number of alkyl halides is 23. The lowest BCUT2D eigenvalue weighted by Gasteiger charge is -2.39. The topological polar surface area (TPSA) is 52.6 Å². The van der Waals surface area contributed by atoms with Gasteiger partial charge in [-0.2, -0.15) is 101 Å². The summed E-state index contributed by atoms with van der Waals surface area (Å²) in [5.41, 5.74) is -2.76. The molecular weight excluding hydrogens is 729 g/mol. The van der Waals surface area contributed by atoms with E-state index in [4.69, 9.17) is 0 Å². The van der Waals surface area contributed by atoms with Crippen LogP contribution in [-0.2, 0) is 19.1 Å². The Labute approximate surface area is 238 Å². The van der Waals surface area contributed by atoms with Crippen LogP contribution in [0.3, 0.4) is 0 Å². The molecule has 274 valence electrons. The fourth-order valence-electron chi connectivity index (χ4n) is 2.44. The molecule has 0 N–H and O–H groups in total. The van der Waals surface area contributed by atoms with Crippen LogP contribution in [0.2, 0.25) is 0 Å². The molecule has 0 aliphatic heterocycles. The van der Waals surface area contributed by atoms with Crippen LogP contribution in [-0.4, -0.2) is 90.6 Å². The molecule has 0 bridgehead atoms. The van der Waals surface area contributed by atoms with Crippen LogP contribution in [0.5, 0.6) is 0 Å². The molecule has 0 rings (SSSR count). The average molecular weight is 742 g/mol. The van der Waals surface area contributed by atoms with E-state index in [-0.39, 0.29) is 13.8 Å². The molecule has 27 heteroatoms. The van der Waals surface area contributed by atoms with Gasteiger partial charge in [0.25, 0.3) is 0 Å². The van der Waals surface area contributed by atoms with Crippen LogP contribution in [0.15, 0.2) is 0 Å². The third-order valence-corrected chi connectivity index (χ3v) is 5.37. The average Bonchev–Trinajstić information content (AvgIpc) is 2.83. The van der Waals surface area contributed by atoms with Crippen molar-refractivity contribution in [3.05, 3.63) is 0 Å². The number of hydrogen-bond donors (Lipinski definition) is 0. The Hall–Kier alpha value is -2.67. The van der Waals surface area contributed by atoms with Crippen molar-refractivity contribution >= 4 is 11.9 Å². The Morgan fingerprint density at radius 2 is 0.630 bits per heavy atom. The van der Waals surface area contributed by atoms with Crippen LogP contribution < -0.4 is 0 Å². The maximum Gasteiger partial charge on any atom is 0.460 e. The molecule has 0 radical (unpaired) electrons.